The van der Waals surface area contributed by atoms with Gasteiger partial charge >= 0.3 is 0 Å². The summed E-state index contributed by atoms with van der Waals surface area (Å²) in [4.78, 5) is 10.8. The maximum atomic E-state index is 6.09. The molecule has 2 heterocycles. The van der Waals surface area contributed by atoms with Gasteiger partial charge in [-0.1, -0.05) is 41.9 Å². The second-order valence-electron chi connectivity index (χ2n) is 5.73. The van der Waals surface area contributed by atoms with Gasteiger partial charge in [0.2, 0.25) is 0 Å². The molecule has 1 aromatic carbocycles. The standard InChI is InChI=1S/C17H20ClN3/c1-13-16(18)19-12-20-17(13)21-9-7-15(8-10-21)11-14-5-3-2-4-6-14/h2-6,12,15H,7-11H2,1H3. The fourth-order valence-corrected chi connectivity index (χ4v) is 3.16. The molecule has 3 nitrogen and oxygen atoms in total. The van der Waals surface area contributed by atoms with E-state index in [1.807, 2.05) is 6.92 Å². The first kappa shape index (κ1) is 14.3. The molecule has 0 aliphatic carbocycles. The second kappa shape index (κ2) is 6.44. The van der Waals surface area contributed by atoms with Crippen molar-refractivity contribution in [2.75, 3.05) is 18.0 Å². The van der Waals surface area contributed by atoms with Gasteiger partial charge in [-0.3, -0.25) is 0 Å². The van der Waals surface area contributed by atoms with E-state index in [1.165, 1.54) is 24.8 Å². The summed E-state index contributed by atoms with van der Waals surface area (Å²) in [6.07, 6.45) is 5.14. The highest BCUT2D eigenvalue weighted by Gasteiger charge is 2.22. The first-order valence-corrected chi connectivity index (χ1v) is 7.88. The lowest BCUT2D eigenvalue weighted by Crippen LogP contribution is -2.35. The summed E-state index contributed by atoms with van der Waals surface area (Å²) >= 11 is 6.09. The number of hydrogen-bond acceptors (Lipinski definition) is 3. The van der Waals surface area contributed by atoms with Crippen molar-refractivity contribution in [3.05, 3.63) is 52.9 Å². The van der Waals surface area contributed by atoms with E-state index in [2.05, 4.69) is 45.2 Å². The number of nitrogens with zero attached hydrogens (tertiary/aromatic N) is 3. The van der Waals surface area contributed by atoms with Gasteiger partial charge in [0.25, 0.3) is 0 Å². The van der Waals surface area contributed by atoms with E-state index in [0.717, 1.165) is 30.4 Å². The second-order valence-corrected chi connectivity index (χ2v) is 6.09. The molecule has 0 spiro atoms. The minimum absolute atomic E-state index is 0.561. The van der Waals surface area contributed by atoms with Crippen LogP contribution in [0, 0.1) is 12.8 Å². The van der Waals surface area contributed by atoms with Gasteiger partial charge in [-0.2, -0.15) is 0 Å². The molecule has 0 amide bonds. The molecule has 0 atom stereocenters. The number of aromatic nitrogens is 2. The molecular weight excluding hydrogens is 282 g/mol. The summed E-state index contributed by atoms with van der Waals surface area (Å²) in [5.74, 6) is 1.76. The van der Waals surface area contributed by atoms with Gasteiger partial charge in [0, 0.05) is 18.7 Å². The molecule has 1 aromatic heterocycles. The van der Waals surface area contributed by atoms with Crippen molar-refractivity contribution in [2.24, 2.45) is 5.92 Å². The summed E-state index contributed by atoms with van der Waals surface area (Å²) in [6, 6.07) is 10.8. The highest BCUT2D eigenvalue weighted by Crippen LogP contribution is 2.28. The molecule has 0 radical (unpaired) electrons. The molecule has 2 aromatic rings. The Kier molecular flexibility index (Phi) is 4.39. The molecule has 1 aliphatic rings. The number of piperidine rings is 1. The summed E-state index contributed by atoms with van der Waals surface area (Å²) in [6.45, 7) is 4.09. The third-order valence-electron chi connectivity index (χ3n) is 4.28. The zero-order valence-corrected chi connectivity index (χ0v) is 13.1. The molecular formula is C17H20ClN3. The average molecular weight is 302 g/mol. The summed E-state index contributed by atoms with van der Waals surface area (Å²) in [5.41, 5.74) is 2.43. The van der Waals surface area contributed by atoms with E-state index in [4.69, 9.17) is 11.6 Å². The molecule has 0 saturated carbocycles. The SMILES string of the molecule is Cc1c(Cl)ncnc1N1CCC(Cc2ccccc2)CC1. The zero-order valence-electron chi connectivity index (χ0n) is 12.3. The Balaban J connectivity index is 1.61. The van der Waals surface area contributed by atoms with Crippen LogP contribution in [-0.2, 0) is 6.42 Å². The Hall–Kier alpha value is -1.61. The quantitative estimate of drug-likeness (QED) is 0.805. The largest absolute Gasteiger partial charge is 0.356 e. The molecule has 1 aliphatic heterocycles. The monoisotopic (exact) mass is 301 g/mol. The maximum absolute atomic E-state index is 6.09. The van der Waals surface area contributed by atoms with Crippen LogP contribution in [0.15, 0.2) is 36.7 Å². The summed E-state index contributed by atoms with van der Waals surface area (Å²) < 4.78 is 0. The first-order valence-electron chi connectivity index (χ1n) is 7.50. The number of anilines is 1. The molecule has 0 unspecified atom stereocenters. The molecule has 110 valence electrons. The third-order valence-corrected chi connectivity index (χ3v) is 4.66. The van der Waals surface area contributed by atoms with Crippen molar-refractivity contribution in [3.63, 3.8) is 0 Å². The first-order chi connectivity index (χ1) is 10.2. The van der Waals surface area contributed by atoms with Gasteiger partial charge in [0.1, 0.15) is 17.3 Å². The normalized spacial score (nSPS) is 16.2. The van der Waals surface area contributed by atoms with Gasteiger partial charge in [-0.15, -0.1) is 0 Å². The molecule has 1 saturated heterocycles. The van der Waals surface area contributed by atoms with Crippen LogP contribution in [0.3, 0.4) is 0 Å². The van der Waals surface area contributed by atoms with Crippen LogP contribution in [0.2, 0.25) is 5.15 Å². The van der Waals surface area contributed by atoms with Crippen molar-refractivity contribution in [3.8, 4) is 0 Å². The smallest absolute Gasteiger partial charge is 0.137 e. The predicted molar refractivity (Wildman–Crippen MR) is 86.9 cm³/mol. The Morgan fingerprint density at radius 3 is 2.57 bits per heavy atom. The van der Waals surface area contributed by atoms with Crippen molar-refractivity contribution >= 4 is 17.4 Å². The predicted octanol–water partition coefficient (Wildman–Crippen LogP) is 3.90. The topological polar surface area (TPSA) is 29.0 Å². The van der Waals surface area contributed by atoms with Gasteiger partial charge < -0.3 is 4.90 Å². The Labute approximate surface area is 131 Å². The van der Waals surface area contributed by atoms with Gasteiger partial charge in [0.15, 0.2) is 0 Å². The minimum atomic E-state index is 0.561. The van der Waals surface area contributed by atoms with Crippen molar-refractivity contribution in [1.29, 1.82) is 0 Å². The van der Waals surface area contributed by atoms with E-state index >= 15 is 0 Å². The van der Waals surface area contributed by atoms with Gasteiger partial charge in [0.05, 0.1) is 0 Å². The zero-order chi connectivity index (χ0) is 14.7. The minimum Gasteiger partial charge on any atom is -0.356 e. The van der Waals surface area contributed by atoms with E-state index in [9.17, 15) is 0 Å². The Morgan fingerprint density at radius 1 is 1.14 bits per heavy atom. The molecule has 3 rings (SSSR count). The van der Waals surface area contributed by atoms with Crippen LogP contribution in [-0.4, -0.2) is 23.1 Å². The lowest BCUT2D eigenvalue weighted by atomic mass is 9.90. The third kappa shape index (κ3) is 3.35. The van der Waals surface area contributed by atoms with Crippen LogP contribution in [0.25, 0.3) is 0 Å². The summed E-state index contributed by atoms with van der Waals surface area (Å²) in [7, 11) is 0. The maximum Gasteiger partial charge on any atom is 0.137 e. The lowest BCUT2D eigenvalue weighted by molar-refractivity contribution is 0.402. The number of benzene rings is 1. The fourth-order valence-electron chi connectivity index (χ4n) is 3.04. The van der Waals surface area contributed by atoms with E-state index in [0.29, 0.717) is 5.15 Å². The molecule has 21 heavy (non-hydrogen) atoms. The summed E-state index contributed by atoms with van der Waals surface area (Å²) in [5, 5.41) is 0.561. The van der Waals surface area contributed by atoms with Crippen molar-refractivity contribution in [1.82, 2.24) is 9.97 Å². The lowest BCUT2D eigenvalue weighted by Gasteiger charge is -2.33. The van der Waals surface area contributed by atoms with Gasteiger partial charge in [-0.05, 0) is 37.7 Å². The fraction of sp³-hybridized carbons (Fsp3) is 0.412. The molecule has 0 bridgehead atoms. The van der Waals surface area contributed by atoms with Crippen molar-refractivity contribution < 1.29 is 0 Å². The van der Waals surface area contributed by atoms with Crippen LogP contribution < -0.4 is 4.90 Å². The number of rotatable bonds is 3. The van der Waals surface area contributed by atoms with Crippen LogP contribution >= 0.6 is 11.6 Å². The van der Waals surface area contributed by atoms with E-state index in [-0.39, 0.29) is 0 Å². The number of halogens is 1. The number of hydrogen-bond donors (Lipinski definition) is 0. The van der Waals surface area contributed by atoms with Crippen LogP contribution in [0.4, 0.5) is 5.82 Å². The van der Waals surface area contributed by atoms with Gasteiger partial charge in [-0.25, -0.2) is 9.97 Å². The van der Waals surface area contributed by atoms with Crippen molar-refractivity contribution in [2.45, 2.75) is 26.2 Å². The highest BCUT2D eigenvalue weighted by atomic mass is 35.5. The molecule has 4 heteroatoms. The Morgan fingerprint density at radius 2 is 1.86 bits per heavy atom. The molecule has 0 N–H and O–H groups in total. The van der Waals surface area contributed by atoms with Crippen LogP contribution in [0.1, 0.15) is 24.0 Å². The Bertz CT molecular complexity index is 592. The average Bonchev–Trinajstić information content (AvgIpc) is 2.52. The van der Waals surface area contributed by atoms with E-state index < -0.39 is 0 Å². The van der Waals surface area contributed by atoms with E-state index in [1.54, 1.807) is 6.33 Å². The van der Waals surface area contributed by atoms with Crippen LogP contribution in [0.5, 0.6) is 0 Å². The highest BCUT2D eigenvalue weighted by molar-refractivity contribution is 6.30. The molecule has 1 fully saturated rings.